The Morgan fingerprint density at radius 2 is 1.10 bits per heavy atom. The molecule has 0 rings (SSSR count). The van der Waals surface area contributed by atoms with Gasteiger partial charge in [0.05, 0.1) is 19.8 Å². The molecule has 4 N–H and O–H groups in total. The Morgan fingerprint density at radius 3 is 1.57 bits per heavy atom. The first kappa shape index (κ1) is 41.0. The van der Waals surface area contributed by atoms with Crippen molar-refractivity contribution in [2.45, 2.75) is 161 Å². The summed E-state index contributed by atoms with van der Waals surface area (Å²) >= 11 is 0. The van der Waals surface area contributed by atoms with E-state index < -0.39 is 45.1 Å². The van der Waals surface area contributed by atoms with Crippen LogP contribution in [-0.2, 0) is 32.7 Å². The maximum Gasteiger partial charge on any atom is 0.472 e. The molecule has 0 aromatic rings. The number of esters is 1. The summed E-state index contributed by atoms with van der Waals surface area (Å²) < 4.78 is 32.9. The largest absolute Gasteiger partial charge is 0.480 e. The molecule has 3 unspecified atom stereocenters. The Bertz CT molecular complexity index is 695. The van der Waals surface area contributed by atoms with E-state index in [1.165, 1.54) is 83.5 Å². The van der Waals surface area contributed by atoms with Crippen molar-refractivity contribution in [3.05, 3.63) is 0 Å². The Kier molecular flexibility index (Phi) is 28.0. The summed E-state index contributed by atoms with van der Waals surface area (Å²) in [5, 5.41) is 8.81. The fourth-order valence-electron chi connectivity index (χ4n) is 4.48. The van der Waals surface area contributed by atoms with Gasteiger partial charge in [-0.05, 0) is 12.8 Å². The number of aliphatic carboxylic acids is 1. The number of unbranched alkanes of at least 4 members (excludes halogenated alkanes) is 18. The molecule has 10 nitrogen and oxygen atoms in total. The number of hydrogen-bond donors (Lipinski definition) is 3. The van der Waals surface area contributed by atoms with Crippen LogP contribution in [0.15, 0.2) is 0 Å². The summed E-state index contributed by atoms with van der Waals surface area (Å²) in [6.07, 6.45) is 23.2. The van der Waals surface area contributed by atoms with Crippen molar-refractivity contribution in [1.29, 1.82) is 0 Å². The highest BCUT2D eigenvalue weighted by atomic mass is 31.2. The number of carboxylic acids is 1. The summed E-state index contributed by atoms with van der Waals surface area (Å²) in [4.78, 5) is 33.1. The zero-order valence-electron chi connectivity index (χ0n) is 26.6. The molecule has 0 radical (unpaired) electrons. The lowest BCUT2D eigenvalue weighted by molar-refractivity contribution is -0.154. The van der Waals surface area contributed by atoms with Crippen molar-refractivity contribution in [3.8, 4) is 0 Å². The standard InChI is InChI=1S/C31H62NO9P/c1-3-5-7-9-11-12-13-14-15-16-18-20-22-24-38-25-28(26-39-42(36,37)40-27-29(32)31(34)35)41-30(33)23-21-19-17-10-8-6-4-2/h28-29H,3-27,32H2,1-2H3,(H,34,35)(H,36,37). The van der Waals surface area contributed by atoms with Gasteiger partial charge >= 0.3 is 19.8 Å². The zero-order chi connectivity index (χ0) is 31.3. The summed E-state index contributed by atoms with van der Waals surface area (Å²) in [5.41, 5.74) is 5.31. The van der Waals surface area contributed by atoms with E-state index in [9.17, 15) is 19.0 Å². The summed E-state index contributed by atoms with van der Waals surface area (Å²) in [6, 6.07) is -1.46. The number of carboxylic acid groups (broad SMARTS) is 1. The van der Waals surface area contributed by atoms with Crippen LogP contribution in [0.2, 0.25) is 0 Å². The predicted octanol–water partition coefficient (Wildman–Crippen LogP) is 7.69. The molecule has 11 heteroatoms. The van der Waals surface area contributed by atoms with E-state index in [1.807, 2.05) is 0 Å². The van der Waals surface area contributed by atoms with E-state index in [1.54, 1.807) is 0 Å². The van der Waals surface area contributed by atoms with Crippen molar-refractivity contribution < 1.29 is 42.7 Å². The minimum absolute atomic E-state index is 0.0235. The number of carbonyl (C=O) groups is 2. The number of phosphoric ester groups is 1. The molecule has 250 valence electrons. The summed E-state index contributed by atoms with van der Waals surface area (Å²) in [7, 11) is -4.59. The van der Waals surface area contributed by atoms with Crippen molar-refractivity contribution >= 4 is 19.8 Å². The SMILES string of the molecule is CCCCCCCCCCCCCCCOCC(COP(=O)(O)OCC(N)C(=O)O)OC(=O)CCCCCCCCC. The lowest BCUT2D eigenvalue weighted by Gasteiger charge is -2.20. The van der Waals surface area contributed by atoms with E-state index in [0.29, 0.717) is 13.0 Å². The monoisotopic (exact) mass is 623 g/mol. The molecule has 42 heavy (non-hydrogen) atoms. The third-order valence-corrected chi connectivity index (χ3v) is 8.09. The molecule has 0 amide bonds. The minimum Gasteiger partial charge on any atom is -0.480 e. The van der Waals surface area contributed by atoms with Gasteiger partial charge in [0.25, 0.3) is 0 Å². The molecule has 0 saturated heterocycles. The number of phosphoric acid groups is 1. The fourth-order valence-corrected chi connectivity index (χ4v) is 5.26. The Hall–Kier alpha value is -1.03. The predicted molar refractivity (Wildman–Crippen MR) is 166 cm³/mol. The van der Waals surface area contributed by atoms with Crippen LogP contribution in [0.1, 0.15) is 149 Å². The van der Waals surface area contributed by atoms with Crippen LogP contribution >= 0.6 is 7.82 Å². The van der Waals surface area contributed by atoms with Gasteiger partial charge in [0.15, 0.2) is 0 Å². The fraction of sp³-hybridized carbons (Fsp3) is 0.935. The molecular formula is C31H62NO9P. The molecule has 0 aliphatic heterocycles. The van der Waals surface area contributed by atoms with E-state index in [0.717, 1.165) is 38.5 Å². The summed E-state index contributed by atoms with van der Waals surface area (Å²) in [6.45, 7) is 3.82. The van der Waals surface area contributed by atoms with Crippen LogP contribution in [-0.4, -0.2) is 60.5 Å². The van der Waals surface area contributed by atoms with Gasteiger partial charge in [0.2, 0.25) is 0 Å². The normalized spacial score (nSPS) is 14.4. The van der Waals surface area contributed by atoms with Crippen LogP contribution in [0.25, 0.3) is 0 Å². The van der Waals surface area contributed by atoms with Crippen LogP contribution < -0.4 is 5.73 Å². The molecule has 0 bridgehead atoms. The van der Waals surface area contributed by atoms with E-state index >= 15 is 0 Å². The zero-order valence-corrected chi connectivity index (χ0v) is 27.5. The Balaban J connectivity index is 4.28. The maximum atomic E-state index is 12.4. The van der Waals surface area contributed by atoms with E-state index in [2.05, 4.69) is 18.4 Å². The quantitative estimate of drug-likeness (QED) is 0.0386. The van der Waals surface area contributed by atoms with Gasteiger partial charge in [-0.25, -0.2) is 4.57 Å². The first-order chi connectivity index (χ1) is 20.2. The van der Waals surface area contributed by atoms with Gasteiger partial charge < -0.3 is 25.2 Å². The van der Waals surface area contributed by atoms with Gasteiger partial charge in [0, 0.05) is 13.0 Å². The lowest BCUT2D eigenvalue weighted by atomic mass is 10.0. The average Bonchev–Trinajstić information content (AvgIpc) is 2.96. The van der Waals surface area contributed by atoms with Crippen LogP contribution in [0.4, 0.5) is 0 Å². The van der Waals surface area contributed by atoms with Crippen LogP contribution in [0.5, 0.6) is 0 Å². The van der Waals surface area contributed by atoms with Crippen molar-refractivity contribution in [2.75, 3.05) is 26.4 Å². The van der Waals surface area contributed by atoms with Gasteiger partial charge in [-0.15, -0.1) is 0 Å². The molecule has 0 spiro atoms. The summed E-state index contributed by atoms with van der Waals surface area (Å²) in [5.74, 6) is -1.78. The topological polar surface area (TPSA) is 155 Å². The molecule has 0 aromatic heterocycles. The minimum atomic E-state index is -4.59. The number of nitrogens with two attached hydrogens (primary N) is 1. The molecule has 0 saturated carbocycles. The average molecular weight is 624 g/mol. The van der Waals surface area contributed by atoms with E-state index in [-0.39, 0.29) is 13.0 Å². The second-order valence-corrected chi connectivity index (χ2v) is 12.8. The maximum absolute atomic E-state index is 12.4. The highest BCUT2D eigenvalue weighted by Gasteiger charge is 2.27. The second-order valence-electron chi connectivity index (χ2n) is 11.3. The Morgan fingerprint density at radius 1 is 0.667 bits per heavy atom. The first-order valence-corrected chi connectivity index (χ1v) is 18.1. The molecule has 0 heterocycles. The highest BCUT2D eigenvalue weighted by Crippen LogP contribution is 2.43. The Labute approximate surface area is 255 Å². The lowest BCUT2D eigenvalue weighted by Crippen LogP contribution is -2.34. The third-order valence-electron chi connectivity index (χ3n) is 7.14. The smallest absolute Gasteiger partial charge is 0.472 e. The first-order valence-electron chi connectivity index (χ1n) is 16.6. The molecule has 0 aliphatic rings. The van der Waals surface area contributed by atoms with Crippen molar-refractivity contribution in [1.82, 2.24) is 0 Å². The van der Waals surface area contributed by atoms with Crippen molar-refractivity contribution in [3.63, 3.8) is 0 Å². The molecule has 0 fully saturated rings. The molecule has 3 atom stereocenters. The number of carbonyl (C=O) groups excluding carboxylic acids is 1. The highest BCUT2D eigenvalue weighted by molar-refractivity contribution is 7.47. The number of hydrogen-bond acceptors (Lipinski definition) is 8. The third kappa shape index (κ3) is 27.8. The van der Waals surface area contributed by atoms with Gasteiger partial charge in [0.1, 0.15) is 12.1 Å². The molecular weight excluding hydrogens is 561 g/mol. The number of ether oxygens (including phenoxy) is 2. The molecule has 0 aliphatic carbocycles. The van der Waals surface area contributed by atoms with Crippen LogP contribution in [0.3, 0.4) is 0 Å². The number of rotatable bonds is 32. The van der Waals surface area contributed by atoms with Gasteiger partial charge in [-0.2, -0.15) is 0 Å². The van der Waals surface area contributed by atoms with Crippen molar-refractivity contribution in [2.24, 2.45) is 5.73 Å². The van der Waals surface area contributed by atoms with Gasteiger partial charge in [-0.1, -0.05) is 129 Å². The molecule has 0 aromatic carbocycles. The second kappa shape index (κ2) is 28.7. The van der Waals surface area contributed by atoms with Crippen LogP contribution in [0, 0.1) is 0 Å². The van der Waals surface area contributed by atoms with Gasteiger partial charge in [-0.3, -0.25) is 18.6 Å². The van der Waals surface area contributed by atoms with E-state index in [4.69, 9.17) is 24.8 Å².